The lowest BCUT2D eigenvalue weighted by Crippen LogP contribution is -2.51. The van der Waals surface area contributed by atoms with Crippen LogP contribution in [0, 0.1) is 0 Å². The van der Waals surface area contributed by atoms with Crippen molar-refractivity contribution in [2.24, 2.45) is 5.73 Å². The second-order valence-corrected chi connectivity index (χ2v) is 6.90. The Kier molecular flexibility index (Phi) is 10.3. The molecule has 1 heterocycles. The van der Waals surface area contributed by atoms with Crippen molar-refractivity contribution in [3.05, 3.63) is 0 Å². The highest BCUT2D eigenvalue weighted by Crippen LogP contribution is 2.22. The van der Waals surface area contributed by atoms with E-state index in [2.05, 4.69) is 18.7 Å². The summed E-state index contributed by atoms with van der Waals surface area (Å²) in [5.74, 6) is 0. The maximum Gasteiger partial charge on any atom is 0.114 e. The number of nitrogens with two attached hydrogens (primary N) is 1. The summed E-state index contributed by atoms with van der Waals surface area (Å²) in [7, 11) is 0. The largest absolute Gasteiger partial charge is 0.326 e. The van der Waals surface area contributed by atoms with E-state index in [1.165, 1.54) is 64.2 Å². The minimum absolute atomic E-state index is 0.0301. The van der Waals surface area contributed by atoms with Gasteiger partial charge in [0.2, 0.25) is 0 Å². The van der Waals surface area contributed by atoms with Gasteiger partial charge >= 0.3 is 0 Å². The first-order valence-corrected chi connectivity index (χ1v) is 9.31. The fourth-order valence-corrected chi connectivity index (χ4v) is 3.53. The molecule has 0 aliphatic carbocycles. The summed E-state index contributed by atoms with van der Waals surface area (Å²) in [6, 6.07) is 0.588. The van der Waals surface area contributed by atoms with Crippen LogP contribution in [-0.2, 0) is 0 Å². The Labute approximate surface area is 131 Å². The van der Waals surface area contributed by atoms with Gasteiger partial charge in [0, 0.05) is 25.2 Å². The third-order valence-electron chi connectivity index (χ3n) is 4.76. The maximum absolute atomic E-state index is 13.8. The van der Waals surface area contributed by atoms with Crippen molar-refractivity contribution in [1.29, 1.82) is 0 Å². The fraction of sp³-hybridized carbons (Fsp3) is 1.00. The van der Waals surface area contributed by atoms with Gasteiger partial charge < -0.3 is 5.73 Å². The van der Waals surface area contributed by atoms with Crippen molar-refractivity contribution < 1.29 is 4.39 Å². The smallest absolute Gasteiger partial charge is 0.114 e. The number of halogens is 1. The molecule has 1 aliphatic heterocycles. The number of alkyl halides is 1. The molecule has 21 heavy (non-hydrogen) atoms. The predicted molar refractivity (Wildman–Crippen MR) is 90.4 cm³/mol. The number of unbranched alkanes of at least 4 members (excludes halogenated alkanes) is 6. The van der Waals surface area contributed by atoms with Crippen molar-refractivity contribution in [1.82, 2.24) is 4.90 Å². The molecule has 0 aromatic heterocycles. The molecular formula is C18H37FN2. The average molecular weight is 301 g/mol. The molecule has 0 bridgehead atoms. The van der Waals surface area contributed by atoms with Gasteiger partial charge in [0.15, 0.2) is 0 Å². The summed E-state index contributed by atoms with van der Waals surface area (Å²) in [6.07, 6.45) is 12.7. The molecule has 1 aliphatic rings. The molecule has 1 fully saturated rings. The number of hydrogen-bond donors (Lipinski definition) is 1. The summed E-state index contributed by atoms with van der Waals surface area (Å²) in [5, 5.41) is 0. The van der Waals surface area contributed by atoms with Gasteiger partial charge in [-0.1, -0.05) is 65.2 Å². The highest BCUT2D eigenvalue weighted by Gasteiger charge is 2.29. The Bertz CT molecular complexity index is 237. The van der Waals surface area contributed by atoms with Crippen LogP contribution in [0.15, 0.2) is 0 Å². The average Bonchev–Trinajstić information content (AvgIpc) is 2.44. The van der Waals surface area contributed by atoms with E-state index in [1.807, 2.05) is 0 Å². The van der Waals surface area contributed by atoms with E-state index in [0.717, 1.165) is 6.54 Å². The van der Waals surface area contributed by atoms with E-state index < -0.39 is 6.17 Å². The molecule has 2 N–H and O–H groups in total. The van der Waals surface area contributed by atoms with Crippen LogP contribution in [0.1, 0.15) is 84.5 Å². The third kappa shape index (κ3) is 8.15. The Balaban J connectivity index is 2.38. The number of hydrogen-bond acceptors (Lipinski definition) is 2. The third-order valence-corrected chi connectivity index (χ3v) is 4.76. The molecule has 3 atom stereocenters. The zero-order chi connectivity index (χ0) is 15.5. The Morgan fingerprint density at radius 2 is 1.52 bits per heavy atom. The maximum atomic E-state index is 13.8. The second kappa shape index (κ2) is 11.4. The van der Waals surface area contributed by atoms with Crippen LogP contribution in [0.5, 0.6) is 0 Å². The van der Waals surface area contributed by atoms with Crippen LogP contribution in [0.3, 0.4) is 0 Å². The monoisotopic (exact) mass is 300 g/mol. The number of piperidine rings is 1. The van der Waals surface area contributed by atoms with Gasteiger partial charge in [-0.15, -0.1) is 0 Å². The normalized spacial score (nSPS) is 25.1. The lowest BCUT2D eigenvalue weighted by Gasteiger charge is -2.39. The van der Waals surface area contributed by atoms with E-state index in [9.17, 15) is 4.39 Å². The molecule has 0 saturated carbocycles. The standard InChI is InChI=1S/C18H37FN2/c1-3-5-7-8-10-12-18(11-9-6-4-2)21-14-16(19)13-17(20)15-21/h16-18H,3-15,20H2,1-2H3/t16-,17-,18?/m1/s1. The van der Waals surface area contributed by atoms with E-state index in [0.29, 0.717) is 19.0 Å². The molecule has 0 aromatic rings. The zero-order valence-corrected chi connectivity index (χ0v) is 14.3. The highest BCUT2D eigenvalue weighted by molar-refractivity contribution is 4.85. The predicted octanol–water partition coefficient (Wildman–Crippen LogP) is 4.67. The topological polar surface area (TPSA) is 29.3 Å². The summed E-state index contributed by atoms with van der Waals surface area (Å²) in [4.78, 5) is 2.36. The van der Waals surface area contributed by atoms with Gasteiger partial charge in [-0.3, -0.25) is 4.90 Å². The van der Waals surface area contributed by atoms with Crippen LogP contribution in [0.25, 0.3) is 0 Å². The number of likely N-dealkylation sites (tertiary alicyclic amines) is 1. The van der Waals surface area contributed by atoms with Crippen LogP contribution in [0.4, 0.5) is 4.39 Å². The minimum Gasteiger partial charge on any atom is -0.326 e. The van der Waals surface area contributed by atoms with Gasteiger partial charge in [-0.2, -0.15) is 0 Å². The Morgan fingerprint density at radius 3 is 2.14 bits per heavy atom. The van der Waals surface area contributed by atoms with E-state index >= 15 is 0 Å². The molecular weight excluding hydrogens is 263 g/mol. The molecule has 1 unspecified atom stereocenters. The van der Waals surface area contributed by atoms with Crippen LogP contribution in [-0.4, -0.2) is 36.2 Å². The van der Waals surface area contributed by atoms with Gasteiger partial charge in [-0.25, -0.2) is 4.39 Å². The van der Waals surface area contributed by atoms with Gasteiger partial charge in [-0.05, 0) is 19.3 Å². The van der Waals surface area contributed by atoms with Gasteiger partial charge in [0.1, 0.15) is 6.17 Å². The summed E-state index contributed by atoms with van der Waals surface area (Å²) >= 11 is 0. The van der Waals surface area contributed by atoms with E-state index in [4.69, 9.17) is 5.73 Å². The van der Waals surface area contributed by atoms with Gasteiger partial charge in [0.25, 0.3) is 0 Å². The molecule has 3 heteroatoms. The lowest BCUT2D eigenvalue weighted by atomic mass is 9.96. The van der Waals surface area contributed by atoms with Crippen LogP contribution < -0.4 is 5.73 Å². The first-order valence-electron chi connectivity index (χ1n) is 9.31. The first kappa shape index (κ1) is 18.9. The minimum atomic E-state index is -0.720. The molecule has 0 amide bonds. The zero-order valence-electron chi connectivity index (χ0n) is 14.3. The first-order chi connectivity index (χ1) is 10.2. The van der Waals surface area contributed by atoms with Crippen molar-refractivity contribution in [2.45, 2.75) is 103 Å². The van der Waals surface area contributed by atoms with Crippen molar-refractivity contribution >= 4 is 0 Å². The molecule has 1 rings (SSSR count). The fourth-order valence-electron chi connectivity index (χ4n) is 3.53. The molecule has 0 radical (unpaired) electrons. The Hall–Kier alpha value is -0.150. The van der Waals surface area contributed by atoms with Crippen LogP contribution >= 0.6 is 0 Å². The molecule has 1 saturated heterocycles. The number of rotatable bonds is 11. The lowest BCUT2D eigenvalue weighted by molar-refractivity contribution is 0.0758. The van der Waals surface area contributed by atoms with E-state index in [1.54, 1.807) is 0 Å². The highest BCUT2D eigenvalue weighted by atomic mass is 19.1. The van der Waals surface area contributed by atoms with Gasteiger partial charge in [0.05, 0.1) is 0 Å². The van der Waals surface area contributed by atoms with Crippen LogP contribution in [0.2, 0.25) is 0 Å². The van der Waals surface area contributed by atoms with Crippen molar-refractivity contribution in [3.63, 3.8) is 0 Å². The van der Waals surface area contributed by atoms with Crippen molar-refractivity contribution in [3.8, 4) is 0 Å². The second-order valence-electron chi connectivity index (χ2n) is 6.90. The molecule has 0 aromatic carbocycles. The molecule has 2 nitrogen and oxygen atoms in total. The summed E-state index contributed by atoms with van der Waals surface area (Å²) in [5.41, 5.74) is 6.02. The van der Waals surface area contributed by atoms with E-state index in [-0.39, 0.29) is 6.04 Å². The SMILES string of the molecule is CCCCCCCC(CCCCC)N1C[C@H](N)C[C@@H](F)C1. The molecule has 0 spiro atoms. The summed E-state index contributed by atoms with van der Waals surface area (Å²) < 4.78 is 13.8. The Morgan fingerprint density at radius 1 is 0.952 bits per heavy atom. The number of nitrogens with zero attached hydrogens (tertiary/aromatic N) is 1. The van der Waals surface area contributed by atoms with Crippen molar-refractivity contribution in [2.75, 3.05) is 13.1 Å². The summed E-state index contributed by atoms with van der Waals surface area (Å²) in [6.45, 7) is 6.00. The molecule has 126 valence electrons. The quantitative estimate of drug-likeness (QED) is 0.562.